The highest BCUT2D eigenvalue weighted by Gasteiger charge is 2.32. The summed E-state index contributed by atoms with van der Waals surface area (Å²) in [6, 6.07) is 23.0. The fourth-order valence-corrected chi connectivity index (χ4v) is 4.54. The van der Waals surface area contributed by atoms with E-state index in [0.29, 0.717) is 18.7 Å². The fraction of sp³-hybridized carbons (Fsp3) is 0.355. The first kappa shape index (κ1) is 28.5. The SMILES string of the molecule is CCc1ccc(OCC(=O)N(Cc2ccc(C)cc2)C(Cc2ccccc2)C(=O)NC(C)(C)C)c(Br)c1. The third kappa shape index (κ3) is 8.74. The summed E-state index contributed by atoms with van der Waals surface area (Å²) in [4.78, 5) is 29.0. The number of ether oxygens (including phenoxy) is 1. The molecule has 0 aliphatic rings. The van der Waals surface area contributed by atoms with E-state index < -0.39 is 11.6 Å². The molecule has 0 aromatic heterocycles. The molecule has 0 saturated heterocycles. The van der Waals surface area contributed by atoms with Crippen LogP contribution in [0.4, 0.5) is 0 Å². The molecule has 3 rings (SSSR count). The molecule has 37 heavy (non-hydrogen) atoms. The average molecular weight is 566 g/mol. The van der Waals surface area contributed by atoms with Crippen LogP contribution in [0.15, 0.2) is 77.3 Å². The van der Waals surface area contributed by atoms with E-state index in [4.69, 9.17) is 4.74 Å². The zero-order valence-electron chi connectivity index (χ0n) is 22.4. The number of amides is 2. The van der Waals surface area contributed by atoms with Gasteiger partial charge < -0.3 is 15.0 Å². The molecule has 0 heterocycles. The summed E-state index contributed by atoms with van der Waals surface area (Å²) in [6.07, 6.45) is 1.31. The first-order valence-electron chi connectivity index (χ1n) is 12.7. The van der Waals surface area contributed by atoms with Crippen molar-refractivity contribution < 1.29 is 14.3 Å². The number of nitrogens with one attached hydrogen (secondary N) is 1. The third-order valence-corrected chi connectivity index (χ3v) is 6.62. The number of carbonyl (C=O) groups excluding carboxylic acids is 2. The van der Waals surface area contributed by atoms with Crippen LogP contribution >= 0.6 is 15.9 Å². The molecule has 1 N–H and O–H groups in total. The number of carbonyl (C=O) groups is 2. The van der Waals surface area contributed by atoms with Crippen LogP contribution in [0.5, 0.6) is 5.75 Å². The van der Waals surface area contributed by atoms with Crippen molar-refractivity contribution in [2.45, 2.75) is 65.6 Å². The van der Waals surface area contributed by atoms with Crippen molar-refractivity contribution in [3.8, 4) is 5.75 Å². The molecule has 5 nitrogen and oxygen atoms in total. The molecule has 0 aliphatic heterocycles. The number of rotatable bonds is 10. The van der Waals surface area contributed by atoms with E-state index in [9.17, 15) is 9.59 Å². The Kier molecular flexibility index (Phi) is 9.93. The normalized spacial score (nSPS) is 12.1. The molecule has 0 bridgehead atoms. The van der Waals surface area contributed by atoms with Crippen LogP contribution in [0.1, 0.15) is 49.9 Å². The number of nitrogens with zero attached hydrogens (tertiary/aromatic N) is 1. The van der Waals surface area contributed by atoms with Crippen molar-refractivity contribution in [2.75, 3.05) is 6.61 Å². The van der Waals surface area contributed by atoms with Gasteiger partial charge in [-0.3, -0.25) is 9.59 Å². The second-order valence-electron chi connectivity index (χ2n) is 10.4. The van der Waals surface area contributed by atoms with Gasteiger partial charge in [0.25, 0.3) is 5.91 Å². The molecule has 0 spiro atoms. The first-order valence-corrected chi connectivity index (χ1v) is 13.5. The Bertz CT molecular complexity index is 1190. The fourth-order valence-electron chi connectivity index (χ4n) is 4.00. The molecule has 1 atom stereocenters. The first-order chi connectivity index (χ1) is 17.6. The smallest absolute Gasteiger partial charge is 0.261 e. The number of benzene rings is 3. The van der Waals surface area contributed by atoms with Crippen LogP contribution in [-0.2, 0) is 29.0 Å². The van der Waals surface area contributed by atoms with Gasteiger partial charge in [0.2, 0.25) is 5.91 Å². The lowest BCUT2D eigenvalue weighted by molar-refractivity contribution is -0.143. The zero-order valence-corrected chi connectivity index (χ0v) is 24.0. The van der Waals surface area contributed by atoms with E-state index in [1.807, 2.05) is 100 Å². The van der Waals surface area contributed by atoms with E-state index in [-0.39, 0.29) is 18.4 Å². The molecule has 1 unspecified atom stereocenters. The Morgan fingerprint density at radius 2 is 1.59 bits per heavy atom. The topological polar surface area (TPSA) is 58.6 Å². The quantitative estimate of drug-likeness (QED) is 0.316. The van der Waals surface area contributed by atoms with Gasteiger partial charge in [-0.2, -0.15) is 0 Å². The van der Waals surface area contributed by atoms with Gasteiger partial charge in [-0.1, -0.05) is 73.2 Å². The summed E-state index contributed by atoms with van der Waals surface area (Å²) >= 11 is 3.55. The number of hydrogen-bond acceptors (Lipinski definition) is 3. The van der Waals surface area contributed by atoms with Gasteiger partial charge in [-0.05, 0) is 78.9 Å². The maximum atomic E-state index is 13.7. The number of aryl methyl sites for hydroxylation is 2. The minimum atomic E-state index is -0.704. The van der Waals surface area contributed by atoms with E-state index in [2.05, 4.69) is 28.2 Å². The minimum Gasteiger partial charge on any atom is -0.483 e. The van der Waals surface area contributed by atoms with E-state index in [1.54, 1.807) is 4.90 Å². The molecule has 6 heteroatoms. The van der Waals surface area contributed by atoms with E-state index >= 15 is 0 Å². The summed E-state index contributed by atoms with van der Waals surface area (Å²) in [5, 5.41) is 3.08. The van der Waals surface area contributed by atoms with Crippen LogP contribution < -0.4 is 10.1 Å². The van der Waals surface area contributed by atoms with E-state index in [0.717, 1.165) is 27.6 Å². The Hall–Kier alpha value is -3.12. The van der Waals surface area contributed by atoms with Gasteiger partial charge >= 0.3 is 0 Å². The van der Waals surface area contributed by atoms with Crippen LogP contribution in [0, 0.1) is 6.92 Å². The predicted molar refractivity (Wildman–Crippen MR) is 153 cm³/mol. The highest BCUT2D eigenvalue weighted by atomic mass is 79.9. The maximum Gasteiger partial charge on any atom is 0.261 e. The van der Waals surface area contributed by atoms with Crippen LogP contribution in [0.3, 0.4) is 0 Å². The Morgan fingerprint density at radius 1 is 0.946 bits per heavy atom. The average Bonchev–Trinajstić information content (AvgIpc) is 2.85. The predicted octanol–water partition coefficient (Wildman–Crippen LogP) is 6.25. The zero-order chi connectivity index (χ0) is 27.0. The number of hydrogen-bond donors (Lipinski definition) is 1. The minimum absolute atomic E-state index is 0.177. The molecular formula is C31H37BrN2O3. The van der Waals surface area contributed by atoms with Crippen molar-refractivity contribution in [3.63, 3.8) is 0 Å². The van der Waals surface area contributed by atoms with Crippen molar-refractivity contribution >= 4 is 27.7 Å². The van der Waals surface area contributed by atoms with Gasteiger partial charge in [-0.15, -0.1) is 0 Å². The Labute approximate surface area is 229 Å². The summed E-state index contributed by atoms with van der Waals surface area (Å²) < 4.78 is 6.75. The summed E-state index contributed by atoms with van der Waals surface area (Å²) in [6.45, 7) is 10.1. The third-order valence-electron chi connectivity index (χ3n) is 6.00. The van der Waals surface area contributed by atoms with Crippen molar-refractivity contribution in [1.29, 1.82) is 0 Å². The lowest BCUT2D eigenvalue weighted by atomic mass is 10.0. The molecule has 2 amide bonds. The Morgan fingerprint density at radius 3 is 2.19 bits per heavy atom. The van der Waals surface area contributed by atoms with Crippen LogP contribution in [0.2, 0.25) is 0 Å². The highest BCUT2D eigenvalue weighted by Crippen LogP contribution is 2.26. The molecule has 3 aromatic rings. The molecular weight excluding hydrogens is 528 g/mol. The molecule has 3 aromatic carbocycles. The molecule has 0 radical (unpaired) electrons. The second kappa shape index (κ2) is 12.9. The van der Waals surface area contributed by atoms with Gasteiger partial charge in [0.15, 0.2) is 6.61 Å². The molecule has 0 aliphatic carbocycles. The van der Waals surface area contributed by atoms with E-state index in [1.165, 1.54) is 5.56 Å². The van der Waals surface area contributed by atoms with Crippen molar-refractivity contribution in [3.05, 3.63) is 99.5 Å². The van der Waals surface area contributed by atoms with Gasteiger partial charge in [-0.25, -0.2) is 0 Å². The molecule has 196 valence electrons. The molecule has 0 fully saturated rings. The second-order valence-corrected chi connectivity index (χ2v) is 11.2. The Balaban J connectivity index is 1.92. The number of halogens is 1. The lowest BCUT2D eigenvalue weighted by Gasteiger charge is -2.33. The maximum absolute atomic E-state index is 13.7. The standard InChI is InChI=1S/C31H37BrN2O3/c1-6-23-16-17-28(26(32)18-23)37-21-29(35)34(20-25-14-12-22(2)13-15-25)27(30(36)33-31(3,4)5)19-24-10-8-7-9-11-24/h7-18,27H,6,19-21H2,1-5H3,(H,33,36). The lowest BCUT2D eigenvalue weighted by Crippen LogP contribution is -2.55. The summed E-state index contributed by atoms with van der Waals surface area (Å²) in [5.41, 5.74) is 3.81. The molecule has 0 saturated carbocycles. The monoisotopic (exact) mass is 564 g/mol. The highest BCUT2D eigenvalue weighted by molar-refractivity contribution is 9.10. The van der Waals surface area contributed by atoms with Crippen LogP contribution in [-0.4, -0.2) is 34.9 Å². The summed E-state index contributed by atoms with van der Waals surface area (Å²) in [5.74, 6) is 0.155. The van der Waals surface area contributed by atoms with Crippen LogP contribution in [0.25, 0.3) is 0 Å². The summed E-state index contributed by atoms with van der Waals surface area (Å²) in [7, 11) is 0. The van der Waals surface area contributed by atoms with Crippen molar-refractivity contribution in [1.82, 2.24) is 10.2 Å². The largest absolute Gasteiger partial charge is 0.483 e. The van der Waals surface area contributed by atoms with Gasteiger partial charge in [0, 0.05) is 18.5 Å². The van der Waals surface area contributed by atoms with Gasteiger partial charge in [0.05, 0.1) is 4.47 Å². The van der Waals surface area contributed by atoms with Gasteiger partial charge in [0.1, 0.15) is 11.8 Å². The van der Waals surface area contributed by atoms with Crippen molar-refractivity contribution in [2.24, 2.45) is 0 Å².